The minimum atomic E-state index is -4.35. The Bertz CT molecular complexity index is 1460. The van der Waals surface area contributed by atoms with Crippen LogP contribution in [0.2, 0.25) is 0 Å². The minimum Gasteiger partial charge on any atom is -0.392 e. The Morgan fingerprint density at radius 1 is 1.16 bits per heavy atom. The number of carbonyl (C=O) groups excluding carboxylic acids is 1. The number of fused-ring (bicyclic) bond motifs is 1. The molecule has 0 bridgehead atoms. The van der Waals surface area contributed by atoms with E-state index in [-0.39, 0.29) is 29.7 Å². The molecule has 2 heterocycles. The van der Waals surface area contributed by atoms with Crippen LogP contribution >= 0.6 is 0 Å². The van der Waals surface area contributed by atoms with Gasteiger partial charge in [-0.15, -0.1) is 0 Å². The fraction of sp³-hybridized carbons (Fsp3) is 0.269. The number of aliphatic hydroxyl groups is 1. The van der Waals surface area contributed by atoms with E-state index in [1.54, 1.807) is 40.9 Å². The quantitative estimate of drug-likeness (QED) is 0.290. The molecule has 1 saturated carbocycles. The summed E-state index contributed by atoms with van der Waals surface area (Å²) in [5, 5.41) is 15.3. The molecule has 37 heavy (non-hydrogen) atoms. The fourth-order valence-corrected chi connectivity index (χ4v) is 4.03. The van der Waals surface area contributed by atoms with Gasteiger partial charge in [0.1, 0.15) is 5.82 Å². The van der Waals surface area contributed by atoms with E-state index in [0.29, 0.717) is 28.1 Å². The first kappa shape index (κ1) is 24.7. The van der Waals surface area contributed by atoms with Crippen molar-refractivity contribution in [2.24, 2.45) is 0 Å². The summed E-state index contributed by atoms with van der Waals surface area (Å²) in [5.74, 6) is -1.07. The lowest BCUT2D eigenvalue weighted by Gasteiger charge is -2.14. The SMILES string of the molecule is O=C(NC1CC1)c1ccc(-c2cnc3c(NCCC(F)(F)F)nc(-c4ccccc4CO)cn23)cc1F. The molecule has 0 aliphatic heterocycles. The van der Waals surface area contributed by atoms with Crippen LogP contribution in [0.5, 0.6) is 0 Å². The molecule has 1 aliphatic rings. The van der Waals surface area contributed by atoms with Gasteiger partial charge in [0.05, 0.1) is 36.2 Å². The summed E-state index contributed by atoms with van der Waals surface area (Å²) in [6.45, 7) is -0.683. The molecule has 0 spiro atoms. The van der Waals surface area contributed by atoms with Crippen molar-refractivity contribution in [2.45, 2.75) is 38.1 Å². The van der Waals surface area contributed by atoms with Crippen molar-refractivity contribution in [3.63, 3.8) is 0 Å². The van der Waals surface area contributed by atoms with Crippen LogP contribution in [0.4, 0.5) is 23.4 Å². The minimum absolute atomic E-state index is 0.0711. The van der Waals surface area contributed by atoms with Gasteiger partial charge in [-0.3, -0.25) is 9.20 Å². The molecule has 5 rings (SSSR count). The van der Waals surface area contributed by atoms with Crippen molar-refractivity contribution in [3.8, 4) is 22.5 Å². The summed E-state index contributed by atoms with van der Waals surface area (Å²) in [7, 11) is 0. The largest absolute Gasteiger partial charge is 0.392 e. The summed E-state index contributed by atoms with van der Waals surface area (Å²) < 4.78 is 54.8. The van der Waals surface area contributed by atoms with Crippen LogP contribution in [0, 0.1) is 5.82 Å². The van der Waals surface area contributed by atoms with Gasteiger partial charge >= 0.3 is 6.18 Å². The Kier molecular flexibility index (Phi) is 6.55. The van der Waals surface area contributed by atoms with Crippen molar-refractivity contribution in [3.05, 3.63) is 71.8 Å². The van der Waals surface area contributed by atoms with E-state index < -0.39 is 30.9 Å². The zero-order valence-electron chi connectivity index (χ0n) is 19.5. The van der Waals surface area contributed by atoms with E-state index >= 15 is 0 Å². The molecular weight excluding hydrogens is 490 g/mol. The Morgan fingerprint density at radius 3 is 2.65 bits per heavy atom. The number of alkyl halides is 3. The second kappa shape index (κ2) is 9.81. The molecule has 1 fully saturated rings. The number of amides is 1. The zero-order chi connectivity index (χ0) is 26.2. The Morgan fingerprint density at radius 2 is 1.95 bits per heavy atom. The first-order chi connectivity index (χ1) is 17.7. The summed E-state index contributed by atoms with van der Waals surface area (Å²) in [6.07, 6.45) is -0.568. The van der Waals surface area contributed by atoms with Crippen LogP contribution in [0.15, 0.2) is 54.9 Å². The number of hydrogen-bond acceptors (Lipinski definition) is 5. The monoisotopic (exact) mass is 513 g/mol. The third-order valence-electron chi connectivity index (χ3n) is 6.08. The predicted octanol–water partition coefficient (Wildman–Crippen LogP) is 4.95. The van der Waals surface area contributed by atoms with Crippen LogP contribution < -0.4 is 10.6 Å². The molecular formula is C26H23F4N5O2. The highest BCUT2D eigenvalue weighted by Crippen LogP contribution is 2.31. The van der Waals surface area contributed by atoms with Gasteiger partial charge < -0.3 is 15.7 Å². The summed E-state index contributed by atoms with van der Waals surface area (Å²) in [5.41, 5.74) is 2.59. The number of benzene rings is 2. The molecule has 7 nitrogen and oxygen atoms in total. The van der Waals surface area contributed by atoms with Crippen molar-refractivity contribution in [1.29, 1.82) is 0 Å². The van der Waals surface area contributed by atoms with Crippen LogP contribution in [-0.2, 0) is 6.61 Å². The molecule has 4 aromatic rings. The normalized spacial score (nSPS) is 13.6. The van der Waals surface area contributed by atoms with Crippen LogP contribution in [-0.4, -0.2) is 44.1 Å². The van der Waals surface area contributed by atoms with Crippen molar-refractivity contribution < 1.29 is 27.5 Å². The number of rotatable bonds is 8. The molecule has 2 aromatic heterocycles. The third kappa shape index (κ3) is 5.41. The maximum Gasteiger partial charge on any atom is 0.390 e. The second-order valence-corrected chi connectivity index (χ2v) is 8.86. The number of imidazole rings is 1. The Hall–Kier alpha value is -3.99. The maximum atomic E-state index is 14.9. The molecule has 11 heteroatoms. The van der Waals surface area contributed by atoms with Gasteiger partial charge in [-0.2, -0.15) is 13.2 Å². The van der Waals surface area contributed by atoms with Gasteiger partial charge in [0.2, 0.25) is 0 Å². The van der Waals surface area contributed by atoms with Gasteiger partial charge in [0.25, 0.3) is 5.91 Å². The number of carbonyl (C=O) groups is 1. The summed E-state index contributed by atoms with van der Waals surface area (Å²) in [4.78, 5) is 21.1. The summed E-state index contributed by atoms with van der Waals surface area (Å²) >= 11 is 0. The van der Waals surface area contributed by atoms with E-state index in [1.165, 1.54) is 18.3 Å². The number of anilines is 1. The number of aromatic nitrogens is 3. The molecule has 2 aromatic carbocycles. The van der Waals surface area contributed by atoms with Gasteiger partial charge in [-0.05, 0) is 30.5 Å². The first-order valence-corrected chi connectivity index (χ1v) is 11.7. The van der Waals surface area contributed by atoms with Gasteiger partial charge in [-0.1, -0.05) is 30.3 Å². The lowest BCUT2D eigenvalue weighted by molar-refractivity contribution is -0.131. The van der Waals surface area contributed by atoms with Gasteiger partial charge in [0, 0.05) is 29.9 Å². The number of nitrogens with one attached hydrogen (secondary N) is 2. The highest BCUT2D eigenvalue weighted by Gasteiger charge is 2.27. The Labute approximate surface area is 209 Å². The van der Waals surface area contributed by atoms with Crippen molar-refractivity contribution in [1.82, 2.24) is 19.7 Å². The molecule has 3 N–H and O–H groups in total. The van der Waals surface area contributed by atoms with E-state index in [9.17, 15) is 27.5 Å². The Balaban J connectivity index is 1.57. The van der Waals surface area contributed by atoms with E-state index in [1.807, 2.05) is 0 Å². The molecule has 0 unspecified atom stereocenters. The lowest BCUT2D eigenvalue weighted by atomic mass is 10.1. The summed E-state index contributed by atoms with van der Waals surface area (Å²) in [6, 6.07) is 11.3. The van der Waals surface area contributed by atoms with E-state index in [0.717, 1.165) is 12.8 Å². The van der Waals surface area contributed by atoms with Gasteiger partial charge in [-0.25, -0.2) is 14.4 Å². The highest BCUT2D eigenvalue weighted by atomic mass is 19.4. The van der Waals surface area contributed by atoms with Crippen LogP contribution in [0.1, 0.15) is 35.2 Å². The number of halogens is 4. The average molecular weight is 513 g/mol. The predicted molar refractivity (Wildman–Crippen MR) is 129 cm³/mol. The molecule has 0 atom stereocenters. The maximum absolute atomic E-state index is 14.9. The molecule has 0 saturated heterocycles. The molecule has 0 radical (unpaired) electrons. The lowest BCUT2D eigenvalue weighted by Crippen LogP contribution is -2.26. The standard InChI is InChI=1S/C26H23F4N5O2/c27-20-11-15(5-8-19(20)25(37)33-17-6-7-17)22-12-32-24-23(31-10-9-26(28,29)30)34-21(13-35(22)24)18-4-2-1-3-16(18)14-36/h1-5,8,11-13,17,36H,6-7,9-10,14H2,(H,31,34)(H,33,37). The first-order valence-electron chi connectivity index (χ1n) is 11.7. The van der Waals surface area contributed by atoms with Crippen molar-refractivity contribution in [2.75, 3.05) is 11.9 Å². The number of hydrogen-bond donors (Lipinski definition) is 3. The molecule has 1 amide bonds. The third-order valence-corrected chi connectivity index (χ3v) is 6.08. The van der Waals surface area contributed by atoms with Crippen molar-refractivity contribution >= 4 is 17.4 Å². The molecule has 192 valence electrons. The van der Waals surface area contributed by atoms with E-state index in [4.69, 9.17) is 0 Å². The molecule has 1 aliphatic carbocycles. The van der Waals surface area contributed by atoms with E-state index in [2.05, 4.69) is 20.6 Å². The fourth-order valence-electron chi connectivity index (χ4n) is 4.03. The topological polar surface area (TPSA) is 91.5 Å². The van der Waals surface area contributed by atoms with Gasteiger partial charge in [0.15, 0.2) is 11.5 Å². The smallest absolute Gasteiger partial charge is 0.390 e. The van der Waals surface area contributed by atoms with Crippen LogP contribution in [0.3, 0.4) is 0 Å². The van der Waals surface area contributed by atoms with Crippen LogP contribution in [0.25, 0.3) is 28.2 Å². The number of nitrogens with zero attached hydrogens (tertiary/aromatic N) is 3. The number of aliphatic hydroxyl groups excluding tert-OH is 1. The zero-order valence-corrected chi connectivity index (χ0v) is 19.5. The average Bonchev–Trinajstić information content (AvgIpc) is 3.57. The highest BCUT2D eigenvalue weighted by molar-refractivity contribution is 5.95. The second-order valence-electron chi connectivity index (χ2n) is 8.86.